The highest BCUT2D eigenvalue weighted by Crippen LogP contribution is 2.36. The highest BCUT2D eigenvalue weighted by atomic mass is 79.9. The minimum atomic E-state index is 0.303. The predicted molar refractivity (Wildman–Crippen MR) is 77.9 cm³/mol. The van der Waals surface area contributed by atoms with Gasteiger partial charge in [-0.3, -0.25) is 0 Å². The molecule has 1 aromatic heterocycles. The van der Waals surface area contributed by atoms with Crippen LogP contribution in [0.5, 0.6) is 11.6 Å². The van der Waals surface area contributed by atoms with Crippen molar-refractivity contribution in [3.63, 3.8) is 0 Å². The summed E-state index contributed by atoms with van der Waals surface area (Å²) < 4.78 is 6.25. The smallest absolute Gasteiger partial charge is 0.220 e. The van der Waals surface area contributed by atoms with Crippen molar-refractivity contribution in [2.24, 2.45) is 0 Å². The van der Waals surface area contributed by atoms with Gasteiger partial charge in [0.1, 0.15) is 5.75 Å². The number of pyridine rings is 1. The largest absolute Gasteiger partial charge is 0.437 e. The van der Waals surface area contributed by atoms with Gasteiger partial charge in [-0.25, -0.2) is 4.98 Å². The molecule has 0 aliphatic heterocycles. The number of rotatable bonds is 2. The molecule has 2 rings (SSSR count). The molecular formula is C13H7BrCl2N2O. The molecule has 1 heterocycles. The van der Waals surface area contributed by atoms with Crippen molar-refractivity contribution in [1.29, 1.82) is 5.26 Å². The van der Waals surface area contributed by atoms with Crippen LogP contribution in [0.1, 0.15) is 11.3 Å². The third kappa shape index (κ3) is 3.38. The van der Waals surface area contributed by atoms with Crippen molar-refractivity contribution in [2.45, 2.75) is 6.92 Å². The Bertz CT molecular complexity index is 683. The van der Waals surface area contributed by atoms with E-state index in [1.165, 1.54) is 0 Å². The maximum atomic E-state index is 8.90. The van der Waals surface area contributed by atoms with Crippen molar-refractivity contribution in [3.8, 4) is 17.7 Å². The average molecular weight is 358 g/mol. The van der Waals surface area contributed by atoms with Gasteiger partial charge in [0, 0.05) is 22.3 Å². The van der Waals surface area contributed by atoms with E-state index in [2.05, 4.69) is 20.9 Å². The summed E-state index contributed by atoms with van der Waals surface area (Å²) in [6.07, 6.45) is 0. The molecule has 96 valence electrons. The second-order valence-electron chi connectivity index (χ2n) is 3.75. The lowest BCUT2D eigenvalue weighted by molar-refractivity contribution is 0.461. The van der Waals surface area contributed by atoms with Crippen LogP contribution in [0.3, 0.4) is 0 Å². The quantitative estimate of drug-likeness (QED) is 0.700. The molecule has 0 amide bonds. The number of benzene rings is 1. The Kier molecular flexibility index (Phi) is 4.31. The first-order valence-electron chi connectivity index (χ1n) is 5.21. The number of hydrogen-bond donors (Lipinski definition) is 0. The first kappa shape index (κ1) is 14.1. The average Bonchev–Trinajstić information content (AvgIpc) is 2.35. The number of halogens is 3. The molecule has 0 saturated carbocycles. The van der Waals surface area contributed by atoms with E-state index >= 15 is 0 Å². The van der Waals surface area contributed by atoms with Gasteiger partial charge in [-0.2, -0.15) is 5.26 Å². The van der Waals surface area contributed by atoms with Gasteiger partial charge >= 0.3 is 0 Å². The summed E-state index contributed by atoms with van der Waals surface area (Å²) in [5, 5.41) is 9.78. The van der Waals surface area contributed by atoms with Gasteiger partial charge < -0.3 is 4.74 Å². The van der Waals surface area contributed by atoms with Gasteiger partial charge in [-0.15, -0.1) is 0 Å². The van der Waals surface area contributed by atoms with Crippen LogP contribution < -0.4 is 4.74 Å². The molecule has 0 spiro atoms. The van der Waals surface area contributed by atoms with Crippen LogP contribution in [0, 0.1) is 18.3 Å². The lowest BCUT2D eigenvalue weighted by atomic mass is 10.2. The first-order chi connectivity index (χ1) is 8.99. The van der Waals surface area contributed by atoms with E-state index in [1.54, 1.807) is 31.2 Å². The van der Waals surface area contributed by atoms with E-state index in [-0.39, 0.29) is 0 Å². The van der Waals surface area contributed by atoms with E-state index in [0.29, 0.717) is 37.4 Å². The fraction of sp³-hybridized carbons (Fsp3) is 0.0769. The zero-order valence-corrected chi connectivity index (χ0v) is 12.8. The Balaban J connectivity index is 2.39. The molecular weight excluding hydrogens is 351 g/mol. The Hall–Kier alpha value is -1.28. The van der Waals surface area contributed by atoms with Gasteiger partial charge in [-0.1, -0.05) is 23.2 Å². The maximum Gasteiger partial charge on any atom is 0.220 e. The summed E-state index contributed by atoms with van der Waals surface area (Å²) in [6, 6.07) is 8.48. The minimum absolute atomic E-state index is 0.303. The van der Waals surface area contributed by atoms with Crippen LogP contribution in [0.2, 0.25) is 10.0 Å². The molecule has 0 aliphatic rings. The van der Waals surface area contributed by atoms with E-state index in [9.17, 15) is 0 Å². The highest BCUT2D eigenvalue weighted by Gasteiger charge is 2.09. The zero-order chi connectivity index (χ0) is 14.0. The monoisotopic (exact) mass is 356 g/mol. The van der Waals surface area contributed by atoms with Crippen molar-refractivity contribution in [2.75, 3.05) is 0 Å². The number of hydrogen-bond acceptors (Lipinski definition) is 3. The first-order valence-corrected chi connectivity index (χ1v) is 6.75. The standard InChI is InChI=1S/C13H7BrCl2N2O/c1-7-2-8(6-17)3-13(18-7)19-12-5-10(15)9(14)4-11(12)16/h2-5H,1H3. The van der Waals surface area contributed by atoms with Crippen LogP contribution in [-0.4, -0.2) is 4.98 Å². The number of nitriles is 1. The van der Waals surface area contributed by atoms with Gasteiger partial charge in [0.25, 0.3) is 0 Å². The Morgan fingerprint density at radius 1 is 1.21 bits per heavy atom. The van der Waals surface area contributed by atoms with Crippen LogP contribution in [0.15, 0.2) is 28.7 Å². The van der Waals surface area contributed by atoms with Crippen LogP contribution in [0.4, 0.5) is 0 Å². The van der Waals surface area contributed by atoms with Crippen LogP contribution in [-0.2, 0) is 0 Å². The van der Waals surface area contributed by atoms with E-state index in [1.807, 2.05) is 6.07 Å². The molecule has 19 heavy (non-hydrogen) atoms. The summed E-state index contributed by atoms with van der Waals surface area (Å²) in [6.45, 7) is 1.78. The molecule has 2 aromatic rings. The minimum Gasteiger partial charge on any atom is -0.437 e. The van der Waals surface area contributed by atoms with Gasteiger partial charge in [-0.05, 0) is 35.0 Å². The maximum absolute atomic E-state index is 8.90. The highest BCUT2D eigenvalue weighted by molar-refractivity contribution is 9.10. The summed E-state index contributed by atoms with van der Waals surface area (Å²) in [7, 11) is 0. The lowest BCUT2D eigenvalue weighted by Crippen LogP contribution is -1.92. The molecule has 0 bridgehead atoms. The van der Waals surface area contributed by atoms with Crippen molar-refractivity contribution >= 4 is 39.1 Å². The summed E-state index contributed by atoms with van der Waals surface area (Å²) >= 11 is 15.3. The Morgan fingerprint density at radius 2 is 1.95 bits per heavy atom. The van der Waals surface area contributed by atoms with Crippen LogP contribution in [0.25, 0.3) is 0 Å². The van der Waals surface area contributed by atoms with E-state index < -0.39 is 0 Å². The summed E-state index contributed by atoms with van der Waals surface area (Å²) in [5.41, 5.74) is 1.16. The summed E-state index contributed by atoms with van der Waals surface area (Å²) in [5.74, 6) is 0.689. The van der Waals surface area contributed by atoms with Crippen LogP contribution >= 0.6 is 39.1 Å². The lowest BCUT2D eigenvalue weighted by Gasteiger charge is -2.09. The normalized spacial score (nSPS) is 10.1. The predicted octanol–water partition coefficient (Wildman–Crippen LogP) is 5.12. The molecule has 0 atom stereocenters. The van der Waals surface area contributed by atoms with Gasteiger partial charge in [0.2, 0.25) is 5.88 Å². The van der Waals surface area contributed by atoms with Gasteiger partial charge in [0.05, 0.1) is 21.7 Å². The van der Waals surface area contributed by atoms with Crippen molar-refractivity contribution in [3.05, 3.63) is 50.0 Å². The fourth-order valence-electron chi connectivity index (χ4n) is 1.45. The van der Waals surface area contributed by atoms with E-state index in [0.717, 1.165) is 0 Å². The second kappa shape index (κ2) is 5.79. The fourth-order valence-corrected chi connectivity index (χ4v) is 2.28. The number of aromatic nitrogens is 1. The zero-order valence-electron chi connectivity index (χ0n) is 9.75. The summed E-state index contributed by atoms with van der Waals surface area (Å²) in [4.78, 5) is 4.18. The third-order valence-electron chi connectivity index (χ3n) is 2.25. The molecule has 1 aromatic carbocycles. The molecule has 3 nitrogen and oxygen atoms in total. The third-order valence-corrected chi connectivity index (χ3v) is 3.74. The van der Waals surface area contributed by atoms with Crippen molar-refractivity contribution < 1.29 is 4.74 Å². The second-order valence-corrected chi connectivity index (χ2v) is 5.41. The number of nitrogens with zero attached hydrogens (tertiary/aromatic N) is 2. The molecule has 0 N–H and O–H groups in total. The molecule has 0 unspecified atom stereocenters. The number of aryl methyl sites for hydroxylation is 1. The Labute approximate surface area is 128 Å². The molecule has 0 aliphatic carbocycles. The van der Waals surface area contributed by atoms with Gasteiger partial charge in [0.15, 0.2) is 0 Å². The SMILES string of the molecule is Cc1cc(C#N)cc(Oc2cc(Cl)c(Br)cc2Cl)n1. The Morgan fingerprint density at radius 3 is 2.63 bits per heavy atom. The number of ether oxygens (including phenoxy) is 1. The van der Waals surface area contributed by atoms with E-state index in [4.69, 9.17) is 33.2 Å². The van der Waals surface area contributed by atoms with Crippen molar-refractivity contribution in [1.82, 2.24) is 4.98 Å². The molecule has 6 heteroatoms. The molecule has 0 saturated heterocycles. The topological polar surface area (TPSA) is 45.9 Å². The molecule has 0 radical (unpaired) electrons. The molecule has 0 fully saturated rings.